The zero-order valence-electron chi connectivity index (χ0n) is 17.5. The summed E-state index contributed by atoms with van der Waals surface area (Å²) < 4.78 is 30.9. The number of nitrogens with one attached hydrogen (secondary N) is 2. The second-order valence-electron chi connectivity index (χ2n) is 7.06. The predicted molar refractivity (Wildman–Crippen MR) is 123 cm³/mol. The molecular formula is C22H22ClN3O5S. The summed E-state index contributed by atoms with van der Waals surface area (Å²) in [5, 5.41) is 5.69. The van der Waals surface area contributed by atoms with Gasteiger partial charge in [0, 0.05) is 5.02 Å². The van der Waals surface area contributed by atoms with Gasteiger partial charge in [-0.2, -0.15) is 0 Å². The molecule has 3 aromatic rings. The highest BCUT2D eigenvalue weighted by molar-refractivity contribution is 7.92. The van der Waals surface area contributed by atoms with Crippen molar-refractivity contribution < 1.29 is 22.4 Å². The number of aryl methyl sites for hydroxylation is 1. The molecular weight excluding hydrogens is 454 g/mol. The van der Waals surface area contributed by atoms with Crippen molar-refractivity contribution in [1.82, 2.24) is 5.32 Å². The fourth-order valence-corrected chi connectivity index (χ4v) is 4.09. The normalized spacial score (nSPS) is 11.1. The van der Waals surface area contributed by atoms with Gasteiger partial charge in [0.25, 0.3) is 5.91 Å². The Morgan fingerprint density at radius 2 is 1.84 bits per heavy atom. The summed E-state index contributed by atoms with van der Waals surface area (Å²) >= 11 is 6.03. The Morgan fingerprint density at radius 1 is 1.09 bits per heavy atom. The van der Waals surface area contributed by atoms with E-state index in [0.29, 0.717) is 22.0 Å². The smallest absolute Gasteiger partial charge is 0.253 e. The largest absolute Gasteiger partial charge is 0.467 e. The fraction of sp³-hybridized carbons (Fsp3) is 0.182. The summed E-state index contributed by atoms with van der Waals surface area (Å²) in [7, 11) is -3.78. The minimum Gasteiger partial charge on any atom is -0.467 e. The highest BCUT2D eigenvalue weighted by Crippen LogP contribution is 2.26. The molecule has 32 heavy (non-hydrogen) atoms. The predicted octanol–water partition coefficient (Wildman–Crippen LogP) is 3.58. The number of carbonyl (C=O) groups is 2. The van der Waals surface area contributed by atoms with E-state index < -0.39 is 28.4 Å². The lowest BCUT2D eigenvalue weighted by molar-refractivity contribution is -0.114. The first kappa shape index (κ1) is 23.4. The summed E-state index contributed by atoms with van der Waals surface area (Å²) in [6.45, 7) is 1.42. The summed E-state index contributed by atoms with van der Waals surface area (Å²) in [6.07, 6.45) is 2.52. The number of halogens is 1. The minimum absolute atomic E-state index is 0.185. The summed E-state index contributed by atoms with van der Waals surface area (Å²) in [5.74, 6) is -0.440. The Balaban J connectivity index is 1.77. The average Bonchev–Trinajstić information content (AvgIpc) is 3.25. The molecule has 0 spiro atoms. The molecule has 1 heterocycles. The molecule has 0 radical (unpaired) electrons. The second-order valence-corrected chi connectivity index (χ2v) is 9.40. The molecule has 3 rings (SSSR count). The third-order valence-corrected chi connectivity index (χ3v) is 5.94. The highest BCUT2D eigenvalue weighted by Gasteiger charge is 2.23. The van der Waals surface area contributed by atoms with Crippen molar-refractivity contribution in [3.05, 3.63) is 82.8 Å². The lowest BCUT2D eigenvalue weighted by Crippen LogP contribution is -2.38. The first-order valence-corrected chi connectivity index (χ1v) is 11.8. The molecule has 168 valence electrons. The number of anilines is 2. The van der Waals surface area contributed by atoms with Gasteiger partial charge in [0.1, 0.15) is 12.3 Å². The number of sulfonamides is 1. The minimum atomic E-state index is -3.78. The van der Waals surface area contributed by atoms with Crippen molar-refractivity contribution in [3.8, 4) is 0 Å². The topological polar surface area (TPSA) is 109 Å². The molecule has 0 saturated carbocycles. The van der Waals surface area contributed by atoms with Gasteiger partial charge in [0.15, 0.2) is 0 Å². The first-order chi connectivity index (χ1) is 15.1. The number of hydrogen-bond donors (Lipinski definition) is 2. The fourth-order valence-electron chi connectivity index (χ4n) is 3.02. The van der Waals surface area contributed by atoms with Crippen molar-refractivity contribution in [2.24, 2.45) is 0 Å². The van der Waals surface area contributed by atoms with Crippen molar-refractivity contribution >= 4 is 44.8 Å². The van der Waals surface area contributed by atoms with Crippen LogP contribution in [-0.4, -0.2) is 33.0 Å². The molecule has 2 amide bonds. The van der Waals surface area contributed by atoms with Crippen LogP contribution < -0.4 is 14.9 Å². The summed E-state index contributed by atoms with van der Waals surface area (Å²) in [6, 6.07) is 14.7. The van der Waals surface area contributed by atoms with E-state index in [-0.39, 0.29) is 17.8 Å². The van der Waals surface area contributed by atoms with Crippen molar-refractivity contribution in [2.75, 3.05) is 22.4 Å². The van der Waals surface area contributed by atoms with Crippen LogP contribution in [0, 0.1) is 6.92 Å². The zero-order chi connectivity index (χ0) is 23.3. The van der Waals surface area contributed by atoms with Crippen LogP contribution in [0.5, 0.6) is 0 Å². The lowest BCUT2D eigenvalue weighted by Gasteiger charge is -2.24. The van der Waals surface area contributed by atoms with Crippen LogP contribution >= 0.6 is 11.6 Å². The van der Waals surface area contributed by atoms with Gasteiger partial charge < -0.3 is 15.1 Å². The average molecular weight is 476 g/mol. The molecule has 8 nitrogen and oxygen atoms in total. The van der Waals surface area contributed by atoms with Crippen LogP contribution in [0.4, 0.5) is 11.4 Å². The van der Waals surface area contributed by atoms with E-state index in [1.54, 1.807) is 55.5 Å². The SMILES string of the molecule is Cc1ccc(Cl)cc1N(CC(=O)Nc1ccccc1C(=O)NCc1ccco1)S(C)(=O)=O. The number of hydrogen-bond acceptors (Lipinski definition) is 5. The number of carbonyl (C=O) groups excluding carboxylic acids is 2. The Morgan fingerprint density at radius 3 is 2.53 bits per heavy atom. The zero-order valence-corrected chi connectivity index (χ0v) is 19.0. The lowest BCUT2D eigenvalue weighted by atomic mass is 10.1. The van der Waals surface area contributed by atoms with Crippen LogP contribution in [0.2, 0.25) is 5.02 Å². The number of benzene rings is 2. The van der Waals surface area contributed by atoms with E-state index >= 15 is 0 Å². The van der Waals surface area contributed by atoms with E-state index in [1.165, 1.54) is 12.3 Å². The van der Waals surface area contributed by atoms with Crippen molar-refractivity contribution in [2.45, 2.75) is 13.5 Å². The maximum absolute atomic E-state index is 12.8. The Bertz CT molecular complexity index is 1230. The van der Waals surface area contributed by atoms with Crippen LogP contribution in [0.1, 0.15) is 21.7 Å². The molecule has 0 aliphatic rings. The third kappa shape index (κ3) is 5.89. The van der Waals surface area contributed by atoms with Crippen LogP contribution in [-0.2, 0) is 21.4 Å². The quantitative estimate of drug-likeness (QED) is 0.517. The Labute approximate surface area is 191 Å². The maximum atomic E-state index is 12.8. The number of rotatable bonds is 8. The second kappa shape index (κ2) is 9.88. The molecule has 0 unspecified atom stereocenters. The van der Waals surface area contributed by atoms with Gasteiger partial charge in [0.05, 0.1) is 36.0 Å². The third-order valence-electron chi connectivity index (χ3n) is 4.58. The molecule has 0 atom stereocenters. The number of para-hydroxylation sites is 1. The molecule has 0 fully saturated rings. The van der Waals surface area contributed by atoms with Gasteiger partial charge in [-0.05, 0) is 48.9 Å². The molecule has 1 aromatic heterocycles. The maximum Gasteiger partial charge on any atom is 0.253 e. The van der Waals surface area contributed by atoms with E-state index in [2.05, 4.69) is 10.6 Å². The Hall–Kier alpha value is -3.30. The van der Waals surface area contributed by atoms with Gasteiger partial charge in [-0.25, -0.2) is 8.42 Å². The number of nitrogens with zero attached hydrogens (tertiary/aromatic N) is 1. The van der Waals surface area contributed by atoms with E-state index in [9.17, 15) is 18.0 Å². The Kier molecular flexibility index (Phi) is 7.22. The molecule has 10 heteroatoms. The summed E-state index contributed by atoms with van der Waals surface area (Å²) in [4.78, 5) is 25.4. The van der Waals surface area contributed by atoms with E-state index in [0.717, 1.165) is 10.6 Å². The standard InChI is InChI=1S/C22H22ClN3O5S/c1-15-9-10-16(23)12-20(15)26(32(2,29)30)14-21(27)25-19-8-4-3-7-18(19)22(28)24-13-17-6-5-11-31-17/h3-12H,13-14H2,1-2H3,(H,24,28)(H,25,27). The molecule has 0 bridgehead atoms. The summed E-state index contributed by atoms with van der Waals surface area (Å²) in [5.41, 5.74) is 1.44. The molecule has 2 N–H and O–H groups in total. The first-order valence-electron chi connectivity index (χ1n) is 9.58. The van der Waals surface area contributed by atoms with Gasteiger partial charge in [-0.1, -0.05) is 29.8 Å². The van der Waals surface area contributed by atoms with E-state index in [1.807, 2.05) is 0 Å². The molecule has 0 saturated heterocycles. The van der Waals surface area contributed by atoms with E-state index in [4.69, 9.17) is 16.0 Å². The highest BCUT2D eigenvalue weighted by atomic mass is 35.5. The van der Waals surface area contributed by atoms with Crippen LogP contribution in [0.15, 0.2) is 65.3 Å². The monoisotopic (exact) mass is 475 g/mol. The molecule has 0 aliphatic heterocycles. The van der Waals surface area contributed by atoms with Gasteiger partial charge in [-0.3, -0.25) is 13.9 Å². The van der Waals surface area contributed by atoms with Gasteiger partial charge in [0.2, 0.25) is 15.9 Å². The van der Waals surface area contributed by atoms with Crippen LogP contribution in [0.3, 0.4) is 0 Å². The van der Waals surface area contributed by atoms with Crippen molar-refractivity contribution in [3.63, 3.8) is 0 Å². The molecule has 2 aromatic carbocycles. The van der Waals surface area contributed by atoms with Gasteiger partial charge in [-0.15, -0.1) is 0 Å². The van der Waals surface area contributed by atoms with Crippen molar-refractivity contribution in [1.29, 1.82) is 0 Å². The van der Waals surface area contributed by atoms with Crippen LogP contribution in [0.25, 0.3) is 0 Å². The molecule has 0 aliphatic carbocycles. The number of amides is 2. The number of furan rings is 1. The van der Waals surface area contributed by atoms with Gasteiger partial charge >= 0.3 is 0 Å².